The number of nitrogens with zero attached hydrogens (tertiary/aromatic N) is 5. The third-order valence-corrected chi connectivity index (χ3v) is 8.14. The second-order valence-corrected chi connectivity index (χ2v) is 11.4. The number of thioether (sulfide) groups is 1. The van der Waals surface area contributed by atoms with Crippen LogP contribution in [0.25, 0.3) is 22.1 Å². The summed E-state index contributed by atoms with van der Waals surface area (Å²) in [7, 11) is 0. The average Bonchev–Trinajstić information content (AvgIpc) is 3.23. The van der Waals surface area contributed by atoms with E-state index in [9.17, 15) is 4.79 Å². The van der Waals surface area contributed by atoms with E-state index < -0.39 is 0 Å². The SMILES string of the molecule is CCN(CC)CCCC(C)NC(=O)CCCCSc1nnc2c3ccccc3n(Cc3cccc(C)c3)c2n1. The molecule has 1 atom stereocenters. The standard InChI is InChI=1S/C31H42N6OS/c1-5-36(6-2)19-12-14-24(4)32-28(38)18-9-10-20-39-31-33-30-29(34-35-31)26-16-7-8-17-27(26)37(30)22-25-15-11-13-23(3)21-25/h7-8,11,13,15-17,21,24H,5-6,9-10,12,14,18-20,22H2,1-4H3,(H,32,38). The van der Waals surface area contributed by atoms with Crippen LogP contribution in [0.3, 0.4) is 0 Å². The van der Waals surface area contributed by atoms with Gasteiger partial charge < -0.3 is 14.8 Å². The third-order valence-electron chi connectivity index (χ3n) is 7.22. The normalized spacial score (nSPS) is 12.4. The van der Waals surface area contributed by atoms with Crippen molar-refractivity contribution < 1.29 is 4.79 Å². The molecular formula is C31H42N6OS. The lowest BCUT2D eigenvalue weighted by Crippen LogP contribution is -2.33. The molecule has 0 spiro atoms. The molecule has 8 heteroatoms. The molecule has 0 bridgehead atoms. The van der Waals surface area contributed by atoms with Gasteiger partial charge in [0.15, 0.2) is 5.65 Å². The summed E-state index contributed by atoms with van der Waals surface area (Å²) in [5, 5.41) is 13.9. The molecule has 7 nitrogen and oxygen atoms in total. The molecule has 0 fully saturated rings. The Labute approximate surface area is 236 Å². The van der Waals surface area contributed by atoms with Crippen molar-refractivity contribution in [3.8, 4) is 0 Å². The molecule has 0 saturated carbocycles. The van der Waals surface area contributed by atoms with E-state index in [4.69, 9.17) is 4.98 Å². The highest BCUT2D eigenvalue weighted by Crippen LogP contribution is 2.28. The van der Waals surface area contributed by atoms with Gasteiger partial charge >= 0.3 is 0 Å². The van der Waals surface area contributed by atoms with Crippen LogP contribution in [-0.2, 0) is 11.3 Å². The van der Waals surface area contributed by atoms with Gasteiger partial charge in [0.05, 0.1) is 5.52 Å². The summed E-state index contributed by atoms with van der Waals surface area (Å²) < 4.78 is 2.24. The van der Waals surface area contributed by atoms with Crippen LogP contribution in [0.1, 0.15) is 64.0 Å². The number of carbonyl (C=O) groups excluding carboxylic acids is 1. The first-order chi connectivity index (χ1) is 19.0. The van der Waals surface area contributed by atoms with Gasteiger partial charge in [-0.2, -0.15) is 0 Å². The van der Waals surface area contributed by atoms with Gasteiger partial charge in [-0.3, -0.25) is 4.79 Å². The lowest BCUT2D eigenvalue weighted by Gasteiger charge is -2.19. The van der Waals surface area contributed by atoms with Gasteiger partial charge in [0.1, 0.15) is 5.52 Å². The van der Waals surface area contributed by atoms with Crippen LogP contribution in [0.2, 0.25) is 0 Å². The number of unbranched alkanes of at least 4 members (excludes halogenated alkanes) is 1. The third kappa shape index (κ3) is 8.02. The van der Waals surface area contributed by atoms with Crippen molar-refractivity contribution >= 4 is 39.7 Å². The Morgan fingerprint density at radius 3 is 2.67 bits per heavy atom. The molecule has 2 heterocycles. The number of hydrogen-bond donors (Lipinski definition) is 1. The van der Waals surface area contributed by atoms with Crippen LogP contribution in [-0.4, -0.2) is 62.0 Å². The first-order valence-electron chi connectivity index (χ1n) is 14.3. The fourth-order valence-electron chi connectivity index (χ4n) is 5.03. The second-order valence-electron chi connectivity index (χ2n) is 10.3. The molecule has 0 saturated heterocycles. The number of benzene rings is 2. The maximum atomic E-state index is 12.4. The zero-order valence-corrected chi connectivity index (χ0v) is 24.6. The van der Waals surface area contributed by atoms with Gasteiger partial charge in [0.25, 0.3) is 0 Å². The van der Waals surface area contributed by atoms with E-state index in [1.54, 1.807) is 11.8 Å². The highest BCUT2D eigenvalue weighted by atomic mass is 32.2. The Kier molecular flexibility index (Phi) is 10.7. The summed E-state index contributed by atoms with van der Waals surface area (Å²) in [6.07, 6.45) is 4.48. The Bertz CT molecular complexity index is 1370. The van der Waals surface area contributed by atoms with Crippen LogP contribution in [0, 0.1) is 6.92 Å². The summed E-state index contributed by atoms with van der Waals surface area (Å²) in [5.41, 5.74) is 5.30. The average molecular weight is 547 g/mol. The topological polar surface area (TPSA) is 75.9 Å². The molecule has 1 amide bonds. The van der Waals surface area contributed by atoms with E-state index in [1.807, 2.05) is 6.07 Å². The van der Waals surface area contributed by atoms with E-state index in [0.717, 1.165) is 79.7 Å². The number of aryl methyl sites for hydroxylation is 1. The minimum Gasteiger partial charge on any atom is -0.354 e. The maximum Gasteiger partial charge on any atom is 0.220 e. The number of amides is 1. The number of para-hydroxylation sites is 1. The molecule has 4 rings (SSSR count). The summed E-state index contributed by atoms with van der Waals surface area (Å²) in [4.78, 5) is 19.7. The molecule has 208 valence electrons. The van der Waals surface area contributed by atoms with Crippen molar-refractivity contribution in [2.75, 3.05) is 25.4 Å². The Hall–Kier alpha value is -2.97. The van der Waals surface area contributed by atoms with Crippen molar-refractivity contribution in [2.24, 2.45) is 0 Å². The Morgan fingerprint density at radius 2 is 1.87 bits per heavy atom. The molecule has 1 unspecified atom stereocenters. The van der Waals surface area contributed by atoms with Crippen LogP contribution in [0.4, 0.5) is 0 Å². The van der Waals surface area contributed by atoms with E-state index >= 15 is 0 Å². The number of rotatable bonds is 15. The lowest BCUT2D eigenvalue weighted by molar-refractivity contribution is -0.121. The van der Waals surface area contributed by atoms with Gasteiger partial charge in [-0.15, -0.1) is 10.2 Å². The number of fused-ring (bicyclic) bond motifs is 3. The minimum atomic E-state index is 0.148. The first-order valence-corrected chi connectivity index (χ1v) is 15.3. The Balaban J connectivity index is 1.29. The van der Waals surface area contributed by atoms with Crippen LogP contribution < -0.4 is 5.32 Å². The van der Waals surface area contributed by atoms with Crippen LogP contribution >= 0.6 is 11.8 Å². The van der Waals surface area contributed by atoms with E-state index in [2.05, 4.69) is 95.1 Å². The highest BCUT2D eigenvalue weighted by molar-refractivity contribution is 7.99. The van der Waals surface area contributed by atoms with E-state index in [0.29, 0.717) is 11.6 Å². The van der Waals surface area contributed by atoms with Gasteiger partial charge in [-0.05, 0) is 70.8 Å². The van der Waals surface area contributed by atoms with Gasteiger partial charge in [0, 0.05) is 30.1 Å². The van der Waals surface area contributed by atoms with Crippen LogP contribution in [0.5, 0.6) is 0 Å². The summed E-state index contributed by atoms with van der Waals surface area (Å²) in [6, 6.07) is 17.1. The molecule has 1 N–H and O–H groups in total. The largest absolute Gasteiger partial charge is 0.354 e. The fraction of sp³-hybridized carbons (Fsp3) is 0.484. The van der Waals surface area contributed by atoms with E-state index in [1.165, 1.54) is 11.1 Å². The van der Waals surface area contributed by atoms with Crippen molar-refractivity contribution in [1.82, 2.24) is 30.0 Å². The predicted octanol–water partition coefficient (Wildman–Crippen LogP) is 6.23. The Morgan fingerprint density at radius 1 is 1.05 bits per heavy atom. The van der Waals surface area contributed by atoms with Crippen molar-refractivity contribution in [3.05, 3.63) is 59.7 Å². The fourth-order valence-corrected chi connectivity index (χ4v) is 5.82. The molecular weight excluding hydrogens is 504 g/mol. The second kappa shape index (κ2) is 14.4. The quantitative estimate of drug-likeness (QED) is 0.141. The molecule has 39 heavy (non-hydrogen) atoms. The predicted molar refractivity (Wildman–Crippen MR) is 162 cm³/mol. The van der Waals surface area contributed by atoms with Crippen molar-refractivity contribution in [2.45, 2.75) is 77.5 Å². The number of carbonyl (C=O) groups is 1. The van der Waals surface area contributed by atoms with Gasteiger partial charge in [0.2, 0.25) is 11.1 Å². The summed E-state index contributed by atoms with van der Waals surface area (Å²) in [6.45, 7) is 12.6. The summed E-state index contributed by atoms with van der Waals surface area (Å²) in [5.74, 6) is 1.01. The summed E-state index contributed by atoms with van der Waals surface area (Å²) >= 11 is 1.61. The molecule has 2 aromatic carbocycles. The van der Waals surface area contributed by atoms with Gasteiger partial charge in [-0.25, -0.2) is 4.98 Å². The minimum absolute atomic E-state index is 0.148. The van der Waals surface area contributed by atoms with Crippen LogP contribution in [0.15, 0.2) is 53.7 Å². The first kappa shape index (κ1) is 29.0. The monoisotopic (exact) mass is 546 g/mol. The zero-order chi connectivity index (χ0) is 27.6. The number of aromatic nitrogens is 4. The molecule has 0 aliphatic rings. The number of hydrogen-bond acceptors (Lipinski definition) is 6. The smallest absolute Gasteiger partial charge is 0.220 e. The van der Waals surface area contributed by atoms with Crippen molar-refractivity contribution in [3.63, 3.8) is 0 Å². The molecule has 2 aromatic heterocycles. The molecule has 0 radical (unpaired) electrons. The zero-order valence-electron chi connectivity index (χ0n) is 23.8. The molecule has 4 aromatic rings. The number of nitrogens with one attached hydrogen (secondary N) is 1. The maximum absolute atomic E-state index is 12.4. The molecule has 0 aliphatic carbocycles. The molecule has 0 aliphatic heterocycles. The highest BCUT2D eigenvalue weighted by Gasteiger charge is 2.15. The van der Waals surface area contributed by atoms with Crippen molar-refractivity contribution in [1.29, 1.82) is 0 Å². The lowest BCUT2D eigenvalue weighted by atomic mass is 10.1. The van der Waals surface area contributed by atoms with E-state index in [-0.39, 0.29) is 11.9 Å². The van der Waals surface area contributed by atoms with Gasteiger partial charge in [-0.1, -0.05) is 73.6 Å².